The van der Waals surface area contributed by atoms with Gasteiger partial charge in [0, 0.05) is 10.4 Å². The highest BCUT2D eigenvalue weighted by Gasteiger charge is 2.35. The van der Waals surface area contributed by atoms with Gasteiger partial charge in [0.25, 0.3) is 5.56 Å². The van der Waals surface area contributed by atoms with E-state index in [4.69, 9.17) is 14.5 Å². The molecule has 4 rings (SSSR count). The highest BCUT2D eigenvalue weighted by Crippen LogP contribution is 2.36. The van der Waals surface area contributed by atoms with E-state index in [1.54, 1.807) is 29.9 Å². The summed E-state index contributed by atoms with van der Waals surface area (Å²) in [5.41, 5.74) is 1.60. The molecule has 0 bridgehead atoms. The first-order valence-corrected chi connectivity index (χ1v) is 12.2. The van der Waals surface area contributed by atoms with Crippen LogP contribution in [0.5, 0.6) is 5.75 Å². The normalized spacial score (nSPS) is 16.0. The van der Waals surface area contributed by atoms with E-state index in [0.29, 0.717) is 32.8 Å². The van der Waals surface area contributed by atoms with E-state index >= 15 is 0 Å². The highest BCUT2D eigenvalue weighted by molar-refractivity contribution is 7.11. The van der Waals surface area contributed by atoms with Gasteiger partial charge in [-0.05, 0) is 36.9 Å². The van der Waals surface area contributed by atoms with E-state index in [1.807, 2.05) is 54.8 Å². The molecule has 1 atom stereocenters. The van der Waals surface area contributed by atoms with Crippen molar-refractivity contribution in [1.82, 2.24) is 4.57 Å². The van der Waals surface area contributed by atoms with Crippen molar-refractivity contribution in [2.24, 2.45) is 4.99 Å². The standard InChI is InChI=1S/C24H24N2O4S2/c1-4-9-17-20(23(28)30-5-2)21(16-11-6-7-12-18(16)29-3)26-22(27)19(32-24(26)25-17)14-15-10-8-13-31-15/h6-8,10-14,21H,4-5,9H2,1-3H3/b19-14-. The van der Waals surface area contributed by atoms with Crippen LogP contribution in [0.2, 0.25) is 0 Å². The quantitative estimate of drug-likeness (QED) is 0.497. The zero-order valence-corrected chi connectivity index (χ0v) is 19.8. The molecule has 1 aliphatic heterocycles. The number of nitrogens with zero attached hydrogens (tertiary/aromatic N) is 2. The van der Waals surface area contributed by atoms with E-state index in [1.165, 1.54) is 11.3 Å². The van der Waals surface area contributed by atoms with Crippen molar-refractivity contribution in [2.75, 3.05) is 13.7 Å². The third-order valence-corrected chi connectivity index (χ3v) is 6.94. The second-order valence-electron chi connectivity index (χ2n) is 7.17. The average molecular weight is 469 g/mol. The second-order valence-corrected chi connectivity index (χ2v) is 9.16. The Kier molecular flexibility index (Phi) is 6.72. The molecule has 1 unspecified atom stereocenters. The van der Waals surface area contributed by atoms with Gasteiger partial charge in [-0.15, -0.1) is 11.3 Å². The molecule has 3 aromatic rings. The largest absolute Gasteiger partial charge is 0.496 e. The molecular formula is C24H24N2O4S2. The first kappa shape index (κ1) is 22.2. The Morgan fingerprint density at radius 1 is 1.22 bits per heavy atom. The second kappa shape index (κ2) is 9.67. The van der Waals surface area contributed by atoms with Crippen molar-refractivity contribution in [3.8, 4) is 5.75 Å². The molecular weight excluding hydrogens is 444 g/mol. The van der Waals surface area contributed by atoms with Gasteiger partial charge in [0.1, 0.15) is 11.8 Å². The summed E-state index contributed by atoms with van der Waals surface area (Å²) in [6, 6.07) is 10.7. The van der Waals surface area contributed by atoms with Crippen LogP contribution in [0.25, 0.3) is 6.08 Å². The Hall–Kier alpha value is -2.97. The van der Waals surface area contributed by atoms with Crippen LogP contribution in [-0.2, 0) is 9.53 Å². The predicted octanol–water partition coefficient (Wildman–Crippen LogP) is 3.65. The number of hydrogen-bond donors (Lipinski definition) is 0. The highest BCUT2D eigenvalue weighted by atomic mass is 32.1. The van der Waals surface area contributed by atoms with Gasteiger partial charge in [-0.2, -0.15) is 0 Å². The van der Waals surface area contributed by atoms with Gasteiger partial charge in [0.15, 0.2) is 4.80 Å². The molecule has 0 fully saturated rings. The topological polar surface area (TPSA) is 69.9 Å². The van der Waals surface area contributed by atoms with Crippen LogP contribution in [0, 0.1) is 0 Å². The van der Waals surface area contributed by atoms with Crippen molar-refractivity contribution >= 4 is 34.7 Å². The number of hydrogen-bond acceptors (Lipinski definition) is 7. The number of allylic oxidation sites excluding steroid dienone is 1. The Morgan fingerprint density at radius 3 is 2.72 bits per heavy atom. The van der Waals surface area contributed by atoms with Crippen molar-refractivity contribution < 1.29 is 14.3 Å². The molecule has 0 saturated heterocycles. The number of carbonyl (C=O) groups is 1. The van der Waals surface area contributed by atoms with E-state index < -0.39 is 12.0 Å². The minimum Gasteiger partial charge on any atom is -0.496 e. The summed E-state index contributed by atoms with van der Waals surface area (Å²) in [5.74, 6) is 0.146. The third-order valence-electron chi connectivity index (χ3n) is 5.14. The van der Waals surface area contributed by atoms with Crippen molar-refractivity contribution in [3.63, 3.8) is 0 Å². The molecule has 1 aromatic carbocycles. The smallest absolute Gasteiger partial charge is 0.338 e. The lowest BCUT2D eigenvalue weighted by atomic mass is 9.93. The molecule has 0 spiro atoms. The number of thiazole rings is 1. The van der Waals surface area contributed by atoms with Crippen LogP contribution in [-0.4, -0.2) is 24.3 Å². The maximum Gasteiger partial charge on any atom is 0.338 e. The fourth-order valence-electron chi connectivity index (χ4n) is 3.81. The summed E-state index contributed by atoms with van der Waals surface area (Å²) in [4.78, 5) is 33.1. The first-order valence-electron chi connectivity index (χ1n) is 10.5. The van der Waals surface area contributed by atoms with Gasteiger partial charge in [-0.1, -0.05) is 48.9 Å². The molecule has 2 aromatic heterocycles. The zero-order valence-electron chi connectivity index (χ0n) is 18.2. The molecule has 0 N–H and O–H groups in total. The van der Waals surface area contributed by atoms with Crippen molar-refractivity contribution in [1.29, 1.82) is 0 Å². The zero-order chi connectivity index (χ0) is 22.7. The van der Waals surface area contributed by atoms with Crippen molar-refractivity contribution in [3.05, 3.63) is 83.2 Å². The summed E-state index contributed by atoms with van der Waals surface area (Å²) < 4.78 is 13.2. The number of aromatic nitrogens is 1. The predicted molar refractivity (Wildman–Crippen MR) is 127 cm³/mol. The Balaban J connectivity index is 2.04. The summed E-state index contributed by atoms with van der Waals surface area (Å²) in [6.45, 7) is 4.05. The molecule has 6 nitrogen and oxygen atoms in total. The lowest BCUT2D eigenvalue weighted by Crippen LogP contribution is -2.40. The van der Waals surface area contributed by atoms with Crippen LogP contribution in [0.1, 0.15) is 43.2 Å². The molecule has 0 radical (unpaired) electrons. The number of esters is 1. The van der Waals surface area contributed by atoms with Crippen LogP contribution < -0.4 is 19.6 Å². The van der Waals surface area contributed by atoms with Gasteiger partial charge < -0.3 is 9.47 Å². The summed E-state index contributed by atoms with van der Waals surface area (Å²) >= 11 is 2.90. The number of benzene rings is 1. The molecule has 1 aliphatic rings. The molecule has 0 amide bonds. The van der Waals surface area contributed by atoms with E-state index in [2.05, 4.69) is 0 Å². The number of rotatable bonds is 7. The van der Waals surface area contributed by atoms with Crippen LogP contribution in [0.15, 0.2) is 62.8 Å². The number of ether oxygens (including phenoxy) is 2. The van der Waals surface area contributed by atoms with Crippen LogP contribution >= 0.6 is 22.7 Å². The first-order chi connectivity index (χ1) is 15.6. The minimum absolute atomic E-state index is 0.185. The Labute approximate surface area is 193 Å². The van der Waals surface area contributed by atoms with Crippen LogP contribution in [0.4, 0.5) is 0 Å². The Morgan fingerprint density at radius 2 is 2.03 bits per heavy atom. The molecule has 166 valence electrons. The molecule has 32 heavy (non-hydrogen) atoms. The summed E-state index contributed by atoms with van der Waals surface area (Å²) in [7, 11) is 1.58. The van der Waals surface area contributed by atoms with E-state index in [9.17, 15) is 9.59 Å². The Bertz CT molecular complexity index is 1330. The molecule has 0 saturated carbocycles. The van der Waals surface area contributed by atoms with E-state index in [-0.39, 0.29) is 12.2 Å². The molecule has 0 aliphatic carbocycles. The summed E-state index contributed by atoms with van der Waals surface area (Å²) in [5, 5.41) is 1.97. The minimum atomic E-state index is -0.673. The number of para-hydroxylation sites is 1. The van der Waals surface area contributed by atoms with Gasteiger partial charge in [0.2, 0.25) is 0 Å². The fraction of sp³-hybridized carbons (Fsp3) is 0.292. The number of thiophene rings is 1. The monoisotopic (exact) mass is 468 g/mol. The van der Waals surface area contributed by atoms with Gasteiger partial charge in [-0.25, -0.2) is 9.79 Å². The lowest BCUT2D eigenvalue weighted by molar-refractivity contribution is -0.139. The fourth-order valence-corrected chi connectivity index (χ4v) is 5.55. The molecule has 3 heterocycles. The van der Waals surface area contributed by atoms with E-state index in [0.717, 1.165) is 16.9 Å². The van der Waals surface area contributed by atoms with Gasteiger partial charge in [0.05, 0.1) is 29.5 Å². The average Bonchev–Trinajstić information content (AvgIpc) is 3.41. The van der Waals surface area contributed by atoms with Gasteiger partial charge in [-0.3, -0.25) is 9.36 Å². The van der Waals surface area contributed by atoms with Gasteiger partial charge >= 0.3 is 5.97 Å². The number of methoxy groups -OCH3 is 1. The third kappa shape index (κ3) is 4.08. The molecule has 8 heteroatoms. The summed E-state index contributed by atoms with van der Waals surface area (Å²) in [6.07, 6.45) is 3.29. The number of fused-ring (bicyclic) bond motifs is 1. The van der Waals surface area contributed by atoms with Crippen LogP contribution in [0.3, 0.4) is 0 Å². The van der Waals surface area contributed by atoms with Crippen molar-refractivity contribution in [2.45, 2.75) is 32.7 Å². The maximum absolute atomic E-state index is 13.6. The lowest BCUT2D eigenvalue weighted by Gasteiger charge is -2.26. The number of carbonyl (C=O) groups excluding carboxylic acids is 1. The SMILES string of the molecule is CCCC1=C(C(=O)OCC)C(c2ccccc2OC)n2c(s/c(=C\c3cccs3)c2=O)=N1. The maximum atomic E-state index is 13.6.